The Kier molecular flexibility index (Phi) is 11.0. The predicted molar refractivity (Wildman–Crippen MR) is 215 cm³/mol. The van der Waals surface area contributed by atoms with Crippen molar-refractivity contribution in [2.45, 2.75) is 70.6 Å². The Labute approximate surface area is 323 Å². The fourth-order valence-corrected chi connectivity index (χ4v) is 9.89. The number of pyridine rings is 2. The van der Waals surface area contributed by atoms with Gasteiger partial charge < -0.3 is 9.40 Å². The molecular weight excluding hydrogens is 861 g/mol. The maximum absolute atomic E-state index is 8.49. The van der Waals surface area contributed by atoms with Gasteiger partial charge in [0.05, 0.1) is 5.58 Å². The number of aromatic nitrogens is 2. The monoisotopic (exact) mass is 913 g/mol. The van der Waals surface area contributed by atoms with E-state index in [1.165, 1.54) is 15.5 Å². The van der Waals surface area contributed by atoms with Gasteiger partial charge in [-0.15, -0.1) is 18.2 Å². The molecule has 3 aromatic heterocycles. The molecule has 263 valence electrons. The molecule has 0 saturated carbocycles. The van der Waals surface area contributed by atoms with Crippen molar-refractivity contribution in [3.63, 3.8) is 0 Å². The summed E-state index contributed by atoms with van der Waals surface area (Å²) in [6.07, 6.45) is 2.29. The van der Waals surface area contributed by atoms with Gasteiger partial charge in [-0.2, -0.15) is 0 Å². The normalized spacial score (nSPS) is 12.6. The smallest absolute Gasteiger partial charge is 0.121 e. The topological polar surface area (TPSA) is 38.9 Å². The third kappa shape index (κ3) is 8.98. The van der Waals surface area contributed by atoms with Crippen molar-refractivity contribution in [2.24, 2.45) is 5.92 Å². The van der Waals surface area contributed by atoms with Gasteiger partial charge >= 0.3 is 106 Å². The number of hydrogen-bond acceptors (Lipinski definition) is 3. The van der Waals surface area contributed by atoms with Crippen molar-refractivity contribution >= 4 is 39.6 Å². The second-order valence-corrected chi connectivity index (χ2v) is 25.9. The van der Waals surface area contributed by atoms with Crippen LogP contribution in [-0.4, -0.2) is 23.2 Å². The van der Waals surface area contributed by atoms with E-state index in [2.05, 4.69) is 128 Å². The van der Waals surface area contributed by atoms with Gasteiger partial charge in [0, 0.05) is 34.4 Å². The zero-order chi connectivity index (χ0) is 37.4. The van der Waals surface area contributed by atoms with Crippen LogP contribution in [-0.2, 0) is 31.9 Å². The first kappa shape index (κ1) is 35.6. The van der Waals surface area contributed by atoms with Crippen LogP contribution in [0.1, 0.15) is 54.1 Å². The summed E-state index contributed by atoms with van der Waals surface area (Å²) in [6, 6.07) is 39.2. The van der Waals surface area contributed by atoms with Crippen LogP contribution < -0.4 is 4.40 Å². The minimum Gasteiger partial charge on any atom is -0.501 e. The zero-order valence-electron chi connectivity index (χ0n) is 33.1. The summed E-state index contributed by atoms with van der Waals surface area (Å²) in [4.78, 5) is 9.13. The standard InChI is InChI=1S/C31H30NO.C15H18GeN.Ir/c1-20(2)17-21-15-16-32-28(18-21)27-8-6-7-26-25-14-11-23(19-29(25)33-30(26)27)22-9-12-24(13-10-22)31(3,4)5;1-12-10-15(13-8-6-5-7-9-13)17-11-14(12)16(2,3)4;/h6-7,9-16,18-20H,17H2,1-5H3;5-8,10-11H,1-4H3;/q2*-1;/i17D2;;. The van der Waals surface area contributed by atoms with E-state index in [4.69, 9.17) is 7.16 Å². The maximum Gasteiger partial charge on any atom is 0.121 e. The molecule has 0 atom stereocenters. The average Bonchev–Trinajstić information content (AvgIpc) is 3.49. The average molecular weight is 912 g/mol. The van der Waals surface area contributed by atoms with E-state index in [9.17, 15) is 0 Å². The summed E-state index contributed by atoms with van der Waals surface area (Å²) >= 11 is -1.77. The van der Waals surface area contributed by atoms with Gasteiger partial charge in [-0.05, 0) is 52.2 Å². The SMILES string of the molecule is Cc1cc(-c2[c-]cccc2)nc[c]1[Ge]([CH3])([CH3])[CH3].[2H]C([2H])(c1ccnc(-c2[c-]ccc3c2oc2cc(-c4ccc(C(C)(C)C)cc4)ccc23)c1)C(C)C.[Ir]. The number of hydrogen-bond donors (Lipinski definition) is 0. The van der Waals surface area contributed by atoms with Crippen LogP contribution in [0.5, 0.6) is 0 Å². The van der Waals surface area contributed by atoms with E-state index >= 15 is 0 Å². The minimum absolute atomic E-state index is 0. The van der Waals surface area contributed by atoms with E-state index in [1.807, 2.05) is 50.2 Å². The molecule has 7 rings (SSSR count). The van der Waals surface area contributed by atoms with Crippen LogP contribution in [0.15, 0.2) is 114 Å². The summed E-state index contributed by atoms with van der Waals surface area (Å²) in [5.74, 6) is 7.05. The van der Waals surface area contributed by atoms with Gasteiger partial charge in [0.1, 0.15) is 5.58 Å². The third-order valence-electron chi connectivity index (χ3n) is 8.89. The quantitative estimate of drug-likeness (QED) is 0.123. The zero-order valence-corrected chi connectivity index (χ0v) is 35.6. The third-order valence-corrected chi connectivity index (χ3v) is 13.4. The molecule has 7 aromatic rings. The summed E-state index contributed by atoms with van der Waals surface area (Å²) in [7, 11) is 0. The van der Waals surface area contributed by atoms with Crippen molar-refractivity contribution in [2.75, 3.05) is 0 Å². The first-order valence-electron chi connectivity index (χ1n) is 18.4. The fourth-order valence-electron chi connectivity index (χ4n) is 6.31. The molecule has 0 aliphatic carbocycles. The summed E-state index contributed by atoms with van der Waals surface area (Å²) in [6.45, 7) is 12.6. The molecule has 51 heavy (non-hydrogen) atoms. The van der Waals surface area contributed by atoms with Crippen LogP contribution in [0.2, 0.25) is 17.3 Å². The van der Waals surface area contributed by atoms with Gasteiger partial charge in [0.25, 0.3) is 0 Å². The van der Waals surface area contributed by atoms with Gasteiger partial charge in [0.2, 0.25) is 0 Å². The second kappa shape index (κ2) is 15.8. The van der Waals surface area contributed by atoms with E-state index in [0.717, 1.165) is 49.9 Å². The summed E-state index contributed by atoms with van der Waals surface area (Å²) in [5, 5.41) is 2.04. The Hall–Kier alpha value is -3.83. The molecule has 0 spiro atoms. The van der Waals surface area contributed by atoms with Gasteiger partial charge in [-0.3, -0.25) is 0 Å². The molecule has 0 bridgehead atoms. The molecule has 0 aliphatic rings. The molecule has 5 heteroatoms. The van der Waals surface area contributed by atoms with Crippen LogP contribution in [0, 0.1) is 25.0 Å². The minimum atomic E-state index is -1.77. The number of rotatable bonds is 6. The number of aryl methyl sites for hydroxylation is 1. The Balaban J connectivity index is 0.000000253. The van der Waals surface area contributed by atoms with Gasteiger partial charge in [0.15, 0.2) is 0 Å². The predicted octanol–water partition coefficient (Wildman–Crippen LogP) is 12.0. The molecule has 0 N–H and O–H groups in total. The van der Waals surface area contributed by atoms with Crippen LogP contribution in [0.25, 0.3) is 55.6 Å². The molecule has 3 nitrogen and oxygen atoms in total. The molecular formula is C46H48GeIrN2O-2. The van der Waals surface area contributed by atoms with Crippen molar-refractivity contribution in [1.29, 1.82) is 0 Å². The molecule has 4 aromatic carbocycles. The first-order valence-corrected chi connectivity index (χ1v) is 24.8. The summed E-state index contributed by atoms with van der Waals surface area (Å²) < 4.78 is 24.9. The number of furan rings is 1. The van der Waals surface area contributed by atoms with Crippen molar-refractivity contribution in [3.8, 4) is 33.6 Å². The van der Waals surface area contributed by atoms with Crippen molar-refractivity contribution < 1.29 is 27.3 Å². The van der Waals surface area contributed by atoms with E-state index in [0.29, 0.717) is 11.3 Å². The molecule has 0 fully saturated rings. The van der Waals surface area contributed by atoms with Crippen molar-refractivity contribution in [3.05, 3.63) is 138 Å². The number of nitrogens with zero attached hydrogens (tertiary/aromatic N) is 2. The molecule has 1 radical (unpaired) electrons. The van der Waals surface area contributed by atoms with Gasteiger partial charge in [-0.25, -0.2) is 0 Å². The Morgan fingerprint density at radius 1 is 0.804 bits per heavy atom. The first-order chi connectivity index (χ1) is 24.5. The molecule has 0 aliphatic heterocycles. The fraction of sp³-hybridized carbons (Fsp3) is 0.261. The van der Waals surface area contributed by atoms with Gasteiger partial charge in [-0.1, -0.05) is 93.6 Å². The number of benzene rings is 4. The van der Waals surface area contributed by atoms with E-state index < -0.39 is 19.6 Å². The molecule has 0 saturated heterocycles. The van der Waals surface area contributed by atoms with E-state index in [1.54, 1.807) is 12.3 Å². The Morgan fingerprint density at radius 2 is 1.55 bits per heavy atom. The van der Waals surface area contributed by atoms with Crippen LogP contribution >= 0.6 is 0 Å². The number of fused-ring (bicyclic) bond motifs is 3. The Bertz CT molecular complexity index is 2340. The second-order valence-electron chi connectivity index (χ2n) is 15.4. The molecule has 3 heterocycles. The van der Waals surface area contributed by atoms with Crippen LogP contribution in [0.4, 0.5) is 0 Å². The molecule has 0 unspecified atom stereocenters. The van der Waals surface area contributed by atoms with Crippen LogP contribution in [0.3, 0.4) is 0 Å². The largest absolute Gasteiger partial charge is 0.501 e. The van der Waals surface area contributed by atoms with Crippen molar-refractivity contribution in [1.82, 2.24) is 9.97 Å². The molecule has 0 amide bonds. The van der Waals surface area contributed by atoms with E-state index in [-0.39, 0.29) is 31.4 Å². The maximum atomic E-state index is 8.49. The summed E-state index contributed by atoms with van der Waals surface area (Å²) in [5.41, 5.74) is 10.7. The Morgan fingerprint density at radius 3 is 2.20 bits per heavy atom.